The van der Waals surface area contributed by atoms with Gasteiger partial charge in [0.05, 0.1) is 6.61 Å². The topological polar surface area (TPSA) is 88.0 Å². The summed E-state index contributed by atoms with van der Waals surface area (Å²) in [5.41, 5.74) is 0. The second kappa shape index (κ2) is 8.85. The summed E-state index contributed by atoms with van der Waals surface area (Å²) in [6, 6.07) is 3.17. The highest BCUT2D eigenvalue weighted by Crippen LogP contribution is 2.09. The van der Waals surface area contributed by atoms with Gasteiger partial charge in [-0.15, -0.1) is 10.2 Å². The first kappa shape index (κ1) is 17.7. The summed E-state index contributed by atoms with van der Waals surface area (Å²) in [6.07, 6.45) is -0.932. The van der Waals surface area contributed by atoms with E-state index in [0.717, 1.165) is 0 Å². The van der Waals surface area contributed by atoms with E-state index in [2.05, 4.69) is 15.1 Å². The SMILES string of the molecule is CCOC(=O)N1CCN(CC(O)COc2ccc(Cl)nn2)CC1. The number of hydrogen-bond acceptors (Lipinski definition) is 7. The van der Waals surface area contributed by atoms with Crippen molar-refractivity contribution < 1.29 is 19.4 Å². The van der Waals surface area contributed by atoms with E-state index in [1.165, 1.54) is 0 Å². The van der Waals surface area contributed by atoms with Crippen molar-refractivity contribution in [3.63, 3.8) is 0 Å². The van der Waals surface area contributed by atoms with Crippen molar-refractivity contribution in [2.45, 2.75) is 13.0 Å². The minimum atomic E-state index is -0.651. The number of rotatable bonds is 6. The lowest BCUT2D eigenvalue weighted by Gasteiger charge is -2.34. The van der Waals surface area contributed by atoms with Crippen molar-refractivity contribution >= 4 is 17.7 Å². The number of carbonyl (C=O) groups excluding carboxylic acids is 1. The highest BCUT2D eigenvalue weighted by molar-refractivity contribution is 6.29. The van der Waals surface area contributed by atoms with Gasteiger partial charge in [-0.3, -0.25) is 4.90 Å². The summed E-state index contributed by atoms with van der Waals surface area (Å²) in [6.45, 7) is 5.32. The van der Waals surface area contributed by atoms with Gasteiger partial charge in [-0.1, -0.05) is 11.6 Å². The van der Waals surface area contributed by atoms with E-state index in [1.54, 1.807) is 24.0 Å². The van der Waals surface area contributed by atoms with E-state index in [-0.39, 0.29) is 17.9 Å². The molecule has 8 nitrogen and oxygen atoms in total. The van der Waals surface area contributed by atoms with E-state index in [0.29, 0.717) is 45.2 Å². The van der Waals surface area contributed by atoms with Crippen molar-refractivity contribution in [3.8, 4) is 5.88 Å². The predicted molar refractivity (Wildman–Crippen MR) is 83.6 cm³/mol. The standard InChI is InChI=1S/C14H21ClN4O4/c1-2-22-14(21)19-7-5-18(6-8-19)9-11(20)10-23-13-4-3-12(15)16-17-13/h3-4,11,20H,2,5-10H2,1H3. The number of aliphatic hydroxyl groups is 1. The molecular weight excluding hydrogens is 324 g/mol. The van der Waals surface area contributed by atoms with Gasteiger partial charge >= 0.3 is 6.09 Å². The van der Waals surface area contributed by atoms with Crippen LogP contribution in [0.3, 0.4) is 0 Å². The quantitative estimate of drug-likeness (QED) is 0.810. The third kappa shape index (κ3) is 5.81. The first-order valence-electron chi connectivity index (χ1n) is 7.52. The third-order valence-electron chi connectivity index (χ3n) is 3.40. The molecule has 1 atom stereocenters. The number of carbonyl (C=O) groups is 1. The van der Waals surface area contributed by atoms with Gasteiger partial charge in [0, 0.05) is 38.8 Å². The fourth-order valence-corrected chi connectivity index (χ4v) is 2.34. The molecule has 1 fully saturated rings. The molecule has 9 heteroatoms. The van der Waals surface area contributed by atoms with Crippen LogP contribution in [0.2, 0.25) is 5.15 Å². The summed E-state index contributed by atoms with van der Waals surface area (Å²) < 4.78 is 10.3. The fraction of sp³-hybridized carbons (Fsp3) is 0.643. The van der Waals surface area contributed by atoms with Gasteiger partial charge < -0.3 is 19.5 Å². The molecule has 1 amide bonds. The second-order valence-electron chi connectivity index (χ2n) is 5.15. The molecule has 0 saturated carbocycles. The van der Waals surface area contributed by atoms with E-state index in [4.69, 9.17) is 21.1 Å². The molecule has 1 aromatic heterocycles. The first-order chi connectivity index (χ1) is 11.1. The number of halogens is 1. The van der Waals surface area contributed by atoms with E-state index >= 15 is 0 Å². The highest BCUT2D eigenvalue weighted by Gasteiger charge is 2.23. The Bertz CT molecular complexity index is 494. The summed E-state index contributed by atoms with van der Waals surface area (Å²) in [4.78, 5) is 15.4. The molecule has 2 heterocycles. The average Bonchev–Trinajstić information content (AvgIpc) is 2.55. The lowest BCUT2D eigenvalue weighted by atomic mass is 10.3. The molecular formula is C14H21ClN4O4. The van der Waals surface area contributed by atoms with Crippen LogP contribution in [0.1, 0.15) is 6.92 Å². The third-order valence-corrected chi connectivity index (χ3v) is 3.60. The van der Waals surface area contributed by atoms with Crippen LogP contribution in [0.4, 0.5) is 4.79 Å². The van der Waals surface area contributed by atoms with Crippen molar-refractivity contribution in [2.75, 3.05) is 45.9 Å². The molecule has 1 saturated heterocycles. The first-order valence-corrected chi connectivity index (χ1v) is 7.90. The van der Waals surface area contributed by atoms with Crippen LogP contribution in [-0.4, -0.2) is 83.2 Å². The number of β-amino-alcohol motifs (C(OH)–C–C–N with tert-alkyl or cyclic N) is 1. The maximum Gasteiger partial charge on any atom is 0.409 e. The number of aromatic nitrogens is 2. The predicted octanol–water partition coefficient (Wildman–Crippen LogP) is 0.644. The Kier molecular flexibility index (Phi) is 6.82. The summed E-state index contributed by atoms with van der Waals surface area (Å²) >= 11 is 5.63. The normalized spacial score (nSPS) is 16.9. The van der Waals surface area contributed by atoms with Crippen LogP contribution in [-0.2, 0) is 4.74 Å². The molecule has 0 aromatic carbocycles. The van der Waals surface area contributed by atoms with Crippen LogP contribution >= 0.6 is 11.6 Å². The number of amides is 1. The number of piperazine rings is 1. The summed E-state index contributed by atoms with van der Waals surface area (Å²) in [7, 11) is 0. The van der Waals surface area contributed by atoms with Gasteiger partial charge in [0.15, 0.2) is 5.15 Å². The maximum atomic E-state index is 11.6. The Morgan fingerprint density at radius 1 is 1.35 bits per heavy atom. The maximum absolute atomic E-state index is 11.6. The van der Waals surface area contributed by atoms with Crippen molar-refractivity contribution in [1.82, 2.24) is 20.0 Å². The highest BCUT2D eigenvalue weighted by atomic mass is 35.5. The van der Waals surface area contributed by atoms with Gasteiger partial charge in [-0.2, -0.15) is 0 Å². The molecule has 128 valence electrons. The number of nitrogens with zero attached hydrogens (tertiary/aromatic N) is 4. The lowest BCUT2D eigenvalue weighted by Crippen LogP contribution is -2.51. The van der Waals surface area contributed by atoms with Crippen molar-refractivity contribution in [1.29, 1.82) is 0 Å². The second-order valence-corrected chi connectivity index (χ2v) is 5.53. The average molecular weight is 345 g/mol. The number of ether oxygens (including phenoxy) is 2. The molecule has 0 bridgehead atoms. The minimum Gasteiger partial charge on any atom is -0.474 e. The van der Waals surface area contributed by atoms with Crippen molar-refractivity contribution in [2.24, 2.45) is 0 Å². The van der Waals surface area contributed by atoms with E-state index < -0.39 is 6.10 Å². The molecule has 0 radical (unpaired) electrons. The van der Waals surface area contributed by atoms with Gasteiger partial charge in [0.25, 0.3) is 0 Å². The molecule has 1 N–H and O–H groups in total. The zero-order valence-electron chi connectivity index (χ0n) is 13.0. The number of hydrogen-bond donors (Lipinski definition) is 1. The molecule has 0 aliphatic carbocycles. The molecule has 1 aliphatic rings. The Morgan fingerprint density at radius 3 is 2.70 bits per heavy atom. The van der Waals surface area contributed by atoms with Gasteiger partial charge in [0.1, 0.15) is 12.7 Å². The molecule has 2 rings (SSSR count). The van der Waals surface area contributed by atoms with Gasteiger partial charge in [-0.05, 0) is 13.0 Å². The lowest BCUT2D eigenvalue weighted by molar-refractivity contribution is 0.0397. The van der Waals surface area contributed by atoms with E-state index in [1.807, 2.05) is 0 Å². The minimum absolute atomic E-state index is 0.119. The Balaban J connectivity index is 1.67. The molecule has 1 unspecified atom stereocenters. The Morgan fingerprint density at radius 2 is 2.09 bits per heavy atom. The largest absolute Gasteiger partial charge is 0.474 e. The van der Waals surface area contributed by atoms with Crippen LogP contribution in [0, 0.1) is 0 Å². The van der Waals surface area contributed by atoms with Crippen LogP contribution < -0.4 is 4.74 Å². The van der Waals surface area contributed by atoms with Crippen LogP contribution in [0.25, 0.3) is 0 Å². The fourth-order valence-electron chi connectivity index (χ4n) is 2.24. The molecule has 1 aliphatic heterocycles. The van der Waals surface area contributed by atoms with E-state index in [9.17, 15) is 9.90 Å². The summed E-state index contributed by atoms with van der Waals surface area (Å²) in [5, 5.41) is 17.7. The molecule has 1 aromatic rings. The van der Waals surface area contributed by atoms with Gasteiger partial charge in [0.2, 0.25) is 5.88 Å². The Labute approximate surface area is 139 Å². The van der Waals surface area contributed by atoms with Crippen LogP contribution in [0.15, 0.2) is 12.1 Å². The van der Waals surface area contributed by atoms with Gasteiger partial charge in [-0.25, -0.2) is 4.79 Å². The van der Waals surface area contributed by atoms with Crippen LogP contribution in [0.5, 0.6) is 5.88 Å². The summed E-state index contributed by atoms with van der Waals surface area (Å²) in [5.74, 6) is 0.320. The van der Waals surface area contributed by atoms with Crippen molar-refractivity contribution in [3.05, 3.63) is 17.3 Å². The monoisotopic (exact) mass is 344 g/mol. The zero-order valence-corrected chi connectivity index (χ0v) is 13.8. The number of aliphatic hydroxyl groups excluding tert-OH is 1. The Hall–Kier alpha value is -1.64. The zero-order chi connectivity index (χ0) is 16.7. The molecule has 0 spiro atoms. The smallest absolute Gasteiger partial charge is 0.409 e. The molecule has 23 heavy (non-hydrogen) atoms.